The molecule has 6 rings (SSSR count). The minimum absolute atomic E-state index is 0.0414. The fourth-order valence-electron chi connectivity index (χ4n) is 6.33. The molecule has 0 radical (unpaired) electrons. The van der Waals surface area contributed by atoms with Crippen LogP contribution in [0.2, 0.25) is 0 Å². The molecule has 1 N–H and O–H groups in total. The molecule has 6 heteroatoms. The SMILES string of the molecule is CN1CCN(c2cccc3c2C[C@H](NC(=O)c2ccc(N4CCN(Cc5ccccc5)CC4)cc2)CC3)CC1. The lowest BCUT2D eigenvalue weighted by Crippen LogP contribution is -2.46. The summed E-state index contributed by atoms with van der Waals surface area (Å²) in [6, 6.07) is 25.8. The highest BCUT2D eigenvalue weighted by atomic mass is 16.1. The summed E-state index contributed by atoms with van der Waals surface area (Å²) in [6.45, 7) is 9.47. The Hall–Kier alpha value is -3.35. The summed E-state index contributed by atoms with van der Waals surface area (Å²) in [5, 5.41) is 3.36. The highest BCUT2D eigenvalue weighted by Crippen LogP contribution is 2.31. The van der Waals surface area contributed by atoms with Crippen LogP contribution in [0.25, 0.3) is 0 Å². The van der Waals surface area contributed by atoms with Crippen LogP contribution < -0.4 is 15.1 Å². The van der Waals surface area contributed by atoms with Crippen LogP contribution in [-0.2, 0) is 19.4 Å². The van der Waals surface area contributed by atoms with Gasteiger partial charge in [-0.3, -0.25) is 9.69 Å². The maximum Gasteiger partial charge on any atom is 0.251 e. The molecule has 39 heavy (non-hydrogen) atoms. The Balaban J connectivity index is 1.03. The van der Waals surface area contributed by atoms with Crippen molar-refractivity contribution in [3.05, 3.63) is 95.1 Å². The van der Waals surface area contributed by atoms with Gasteiger partial charge in [0.15, 0.2) is 0 Å². The summed E-state index contributed by atoms with van der Waals surface area (Å²) in [4.78, 5) is 23.1. The van der Waals surface area contributed by atoms with E-state index in [4.69, 9.17) is 0 Å². The lowest BCUT2D eigenvalue weighted by molar-refractivity contribution is 0.0933. The number of aryl methyl sites for hydroxylation is 1. The van der Waals surface area contributed by atoms with Crippen molar-refractivity contribution in [2.75, 3.05) is 69.2 Å². The van der Waals surface area contributed by atoms with Crippen molar-refractivity contribution in [2.24, 2.45) is 0 Å². The van der Waals surface area contributed by atoms with Crippen molar-refractivity contribution in [1.29, 1.82) is 0 Å². The van der Waals surface area contributed by atoms with E-state index in [0.29, 0.717) is 0 Å². The zero-order valence-electron chi connectivity index (χ0n) is 23.2. The van der Waals surface area contributed by atoms with E-state index < -0.39 is 0 Å². The summed E-state index contributed by atoms with van der Waals surface area (Å²) in [5.41, 5.74) is 7.57. The Labute approximate surface area is 233 Å². The first-order valence-electron chi connectivity index (χ1n) is 14.6. The molecular weight excluding hydrogens is 482 g/mol. The minimum atomic E-state index is 0.0414. The number of likely N-dealkylation sites (N-methyl/N-ethyl adjacent to an activating group) is 1. The van der Waals surface area contributed by atoms with Crippen molar-refractivity contribution in [1.82, 2.24) is 15.1 Å². The number of nitrogens with one attached hydrogen (secondary N) is 1. The Morgan fingerprint density at radius 3 is 2.26 bits per heavy atom. The van der Waals surface area contributed by atoms with Gasteiger partial charge >= 0.3 is 0 Å². The number of nitrogens with zero attached hydrogens (tertiary/aromatic N) is 4. The van der Waals surface area contributed by atoms with E-state index in [9.17, 15) is 4.79 Å². The molecule has 0 unspecified atom stereocenters. The van der Waals surface area contributed by atoms with Gasteiger partial charge in [-0.05, 0) is 73.3 Å². The van der Waals surface area contributed by atoms with Crippen LogP contribution >= 0.6 is 0 Å². The Morgan fingerprint density at radius 2 is 1.51 bits per heavy atom. The molecule has 3 aliphatic rings. The average molecular weight is 524 g/mol. The third-order valence-corrected chi connectivity index (χ3v) is 8.76. The third-order valence-electron chi connectivity index (χ3n) is 8.76. The van der Waals surface area contributed by atoms with E-state index in [-0.39, 0.29) is 11.9 Å². The lowest BCUT2D eigenvalue weighted by Gasteiger charge is -2.37. The normalized spacial score (nSPS) is 20.5. The van der Waals surface area contributed by atoms with Crippen LogP contribution in [0, 0.1) is 0 Å². The van der Waals surface area contributed by atoms with E-state index in [0.717, 1.165) is 83.7 Å². The molecule has 1 atom stereocenters. The maximum atomic E-state index is 13.2. The molecule has 204 valence electrons. The molecule has 0 spiro atoms. The molecule has 2 aliphatic heterocycles. The lowest BCUT2D eigenvalue weighted by atomic mass is 9.86. The van der Waals surface area contributed by atoms with Gasteiger partial charge < -0.3 is 20.0 Å². The fraction of sp³-hybridized carbons (Fsp3) is 0.424. The Morgan fingerprint density at radius 1 is 0.795 bits per heavy atom. The molecule has 2 heterocycles. The highest BCUT2D eigenvalue weighted by Gasteiger charge is 2.26. The zero-order valence-corrected chi connectivity index (χ0v) is 23.2. The molecule has 3 aromatic carbocycles. The van der Waals surface area contributed by atoms with E-state index >= 15 is 0 Å². The van der Waals surface area contributed by atoms with Gasteiger partial charge in [-0.2, -0.15) is 0 Å². The second kappa shape index (κ2) is 11.8. The smallest absolute Gasteiger partial charge is 0.251 e. The standard InChI is InChI=1S/C33H41N5O/c1-35-16-20-38(21-17-35)32-9-5-8-27-10-13-29(24-31(27)32)34-33(39)28-11-14-30(15-12-28)37-22-18-36(19-23-37)25-26-6-3-2-4-7-26/h2-9,11-12,14-15,29H,10,13,16-25H2,1H3,(H,34,39)/t29-/m1/s1. The van der Waals surface area contributed by atoms with E-state index in [1.54, 1.807) is 0 Å². The molecule has 3 aromatic rings. The zero-order chi connectivity index (χ0) is 26.6. The molecule has 0 saturated carbocycles. The number of fused-ring (bicyclic) bond motifs is 1. The first-order chi connectivity index (χ1) is 19.1. The van der Waals surface area contributed by atoms with E-state index in [2.05, 4.69) is 92.6 Å². The second-order valence-electron chi connectivity index (χ2n) is 11.4. The average Bonchev–Trinajstić information content (AvgIpc) is 2.98. The summed E-state index contributed by atoms with van der Waals surface area (Å²) in [5.74, 6) is 0.0414. The van der Waals surface area contributed by atoms with Gasteiger partial charge in [0.2, 0.25) is 0 Å². The molecule has 1 amide bonds. The van der Waals surface area contributed by atoms with Gasteiger partial charge in [-0.1, -0.05) is 42.5 Å². The van der Waals surface area contributed by atoms with Crippen LogP contribution in [0.4, 0.5) is 11.4 Å². The van der Waals surface area contributed by atoms with E-state index in [1.807, 2.05) is 12.1 Å². The Kier molecular flexibility index (Phi) is 7.84. The molecule has 1 aliphatic carbocycles. The van der Waals surface area contributed by atoms with Gasteiger partial charge in [0.1, 0.15) is 0 Å². The monoisotopic (exact) mass is 523 g/mol. The predicted octanol–water partition coefficient (Wildman–Crippen LogP) is 4.05. The van der Waals surface area contributed by atoms with Crippen LogP contribution in [0.1, 0.15) is 33.5 Å². The summed E-state index contributed by atoms with van der Waals surface area (Å²) in [6.07, 6.45) is 2.93. The number of amides is 1. The number of benzene rings is 3. The molecule has 0 aromatic heterocycles. The van der Waals surface area contributed by atoms with Gasteiger partial charge in [0, 0.05) is 81.9 Å². The maximum absolute atomic E-state index is 13.2. The first-order valence-corrected chi connectivity index (χ1v) is 14.6. The third kappa shape index (κ3) is 6.13. The summed E-state index contributed by atoms with van der Waals surface area (Å²) in [7, 11) is 2.20. The van der Waals surface area contributed by atoms with Gasteiger partial charge in [0.05, 0.1) is 0 Å². The minimum Gasteiger partial charge on any atom is -0.369 e. The Bertz CT molecular complexity index is 1240. The summed E-state index contributed by atoms with van der Waals surface area (Å²) < 4.78 is 0. The van der Waals surface area contributed by atoms with Crippen LogP contribution in [0.15, 0.2) is 72.8 Å². The first kappa shape index (κ1) is 25.9. The molecule has 6 nitrogen and oxygen atoms in total. The number of piperazine rings is 2. The van der Waals surface area contributed by atoms with Crippen LogP contribution in [0.3, 0.4) is 0 Å². The van der Waals surface area contributed by atoms with Crippen molar-refractivity contribution < 1.29 is 4.79 Å². The van der Waals surface area contributed by atoms with E-state index in [1.165, 1.54) is 28.1 Å². The number of rotatable bonds is 6. The van der Waals surface area contributed by atoms with Gasteiger partial charge in [0.25, 0.3) is 5.91 Å². The predicted molar refractivity (Wildman–Crippen MR) is 160 cm³/mol. The quantitative estimate of drug-likeness (QED) is 0.528. The topological polar surface area (TPSA) is 42.1 Å². The largest absolute Gasteiger partial charge is 0.369 e. The molecule has 2 saturated heterocycles. The number of hydrogen-bond acceptors (Lipinski definition) is 5. The number of carbonyl (C=O) groups is 1. The van der Waals surface area contributed by atoms with Gasteiger partial charge in [-0.15, -0.1) is 0 Å². The van der Waals surface area contributed by atoms with Crippen molar-refractivity contribution in [3.63, 3.8) is 0 Å². The highest BCUT2D eigenvalue weighted by molar-refractivity contribution is 5.94. The molecule has 0 bridgehead atoms. The number of anilines is 2. The molecular formula is C33H41N5O. The number of carbonyl (C=O) groups excluding carboxylic acids is 1. The van der Waals surface area contributed by atoms with Crippen molar-refractivity contribution >= 4 is 17.3 Å². The van der Waals surface area contributed by atoms with Crippen LogP contribution in [-0.4, -0.2) is 81.2 Å². The van der Waals surface area contributed by atoms with Crippen LogP contribution in [0.5, 0.6) is 0 Å². The van der Waals surface area contributed by atoms with Crippen molar-refractivity contribution in [3.8, 4) is 0 Å². The second-order valence-corrected chi connectivity index (χ2v) is 11.4. The fourth-order valence-corrected chi connectivity index (χ4v) is 6.33. The molecule has 2 fully saturated rings. The van der Waals surface area contributed by atoms with Gasteiger partial charge in [-0.25, -0.2) is 0 Å². The number of hydrogen-bond donors (Lipinski definition) is 1. The van der Waals surface area contributed by atoms with Crippen molar-refractivity contribution in [2.45, 2.75) is 31.8 Å². The summed E-state index contributed by atoms with van der Waals surface area (Å²) >= 11 is 0.